The van der Waals surface area contributed by atoms with E-state index in [0.717, 1.165) is 17.3 Å². The van der Waals surface area contributed by atoms with Crippen LogP contribution in [0.5, 0.6) is 5.75 Å². The highest BCUT2D eigenvalue weighted by Gasteiger charge is 2.05. The van der Waals surface area contributed by atoms with Crippen LogP contribution in [0.2, 0.25) is 0 Å². The molecule has 0 fully saturated rings. The van der Waals surface area contributed by atoms with Crippen molar-refractivity contribution in [1.29, 1.82) is 0 Å². The van der Waals surface area contributed by atoms with Gasteiger partial charge in [0, 0.05) is 31.7 Å². The van der Waals surface area contributed by atoms with Crippen LogP contribution >= 0.6 is 0 Å². The Morgan fingerprint density at radius 1 is 1.10 bits per heavy atom. The smallest absolute Gasteiger partial charge is 0.142 e. The van der Waals surface area contributed by atoms with Gasteiger partial charge in [0.15, 0.2) is 0 Å². The number of nitrogens with two attached hydrogens (primary N) is 1. The Labute approximate surface area is 118 Å². The number of nitrogen functional groups attached to an aromatic ring is 1. The van der Waals surface area contributed by atoms with E-state index in [1.807, 2.05) is 24.3 Å². The number of anilines is 1. The van der Waals surface area contributed by atoms with Crippen molar-refractivity contribution in [2.24, 2.45) is 0 Å². The molecule has 2 rings (SSSR count). The lowest BCUT2D eigenvalue weighted by Gasteiger charge is -2.10. The summed E-state index contributed by atoms with van der Waals surface area (Å²) in [4.78, 5) is 4.25. The highest BCUT2D eigenvalue weighted by Crippen LogP contribution is 2.29. The molecular formula is C15H20N2O3. The zero-order valence-corrected chi connectivity index (χ0v) is 11.7. The van der Waals surface area contributed by atoms with E-state index in [0.29, 0.717) is 37.9 Å². The summed E-state index contributed by atoms with van der Waals surface area (Å²) in [6.45, 7) is 2.45. The van der Waals surface area contributed by atoms with Gasteiger partial charge in [0.25, 0.3) is 0 Å². The van der Waals surface area contributed by atoms with Gasteiger partial charge in [0.05, 0.1) is 31.0 Å². The van der Waals surface area contributed by atoms with Crippen molar-refractivity contribution >= 4 is 16.6 Å². The van der Waals surface area contributed by atoms with Gasteiger partial charge < -0.3 is 19.9 Å². The van der Waals surface area contributed by atoms with Crippen molar-refractivity contribution in [2.75, 3.05) is 39.3 Å². The van der Waals surface area contributed by atoms with E-state index < -0.39 is 0 Å². The van der Waals surface area contributed by atoms with Gasteiger partial charge in [-0.2, -0.15) is 0 Å². The van der Waals surface area contributed by atoms with Crippen molar-refractivity contribution in [2.45, 2.75) is 6.42 Å². The first-order chi connectivity index (χ1) is 9.83. The van der Waals surface area contributed by atoms with E-state index in [1.165, 1.54) is 0 Å². The Kier molecular flexibility index (Phi) is 5.58. The summed E-state index contributed by atoms with van der Waals surface area (Å²) < 4.78 is 15.9. The Morgan fingerprint density at radius 2 is 2.00 bits per heavy atom. The maximum absolute atomic E-state index is 6.09. The van der Waals surface area contributed by atoms with Crippen LogP contribution in [0.25, 0.3) is 10.9 Å². The quantitative estimate of drug-likeness (QED) is 0.591. The molecule has 0 aliphatic carbocycles. The number of pyridine rings is 1. The van der Waals surface area contributed by atoms with E-state index in [-0.39, 0.29) is 0 Å². The van der Waals surface area contributed by atoms with Crippen molar-refractivity contribution in [3.63, 3.8) is 0 Å². The number of methoxy groups -OCH3 is 1. The maximum Gasteiger partial charge on any atom is 0.142 e. The summed E-state index contributed by atoms with van der Waals surface area (Å²) in [5, 5.41) is 0.918. The number of aromatic nitrogens is 1. The number of ether oxygens (including phenoxy) is 3. The molecule has 5 heteroatoms. The van der Waals surface area contributed by atoms with E-state index in [1.54, 1.807) is 13.3 Å². The molecule has 0 amide bonds. The Morgan fingerprint density at radius 3 is 2.85 bits per heavy atom. The first-order valence-corrected chi connectivity index (χ1v) is 6.65. The van der Waals surface area contributed by atoms with Gasteiger partial charge >= 0.3 is 0 Å². The number of hydrogen-bond donors (Lipinski definition) is 1. The molecule has 1 heterocycles. The first kappa shape index (κ1) is 14.6. The van der Waals surface area contributed by atoms with Crippen LogP contribution < -0.4 is 10.5 Å². The number of fused-ring (bicyclic) bond motifs is 1. The third-order valence-electron chi connectivity index (χ3n) is 2.91. The maximum atomic E-state index is 6.09. The van der Waals surface area contributed by atoms with Crippen LogP contribution in [0.3, 0.4) is 0 Å². The van der Waals surface area contributed by atoms with Crippen LogP contribution in [0.4, 0.5) is 5.69 Å². The third-order valence-corrected chi connectivity index (χ3v) is 2.91. The molecule has 0 atom stereocenters. The standard InChI is InChI=1S/C15H20N2O3/c1-18-10-11-19-8-3-9-20-14-6-5-13-12(15(14)16)4-2-7-17-13/h2,4-7H,3,8-11,16H2,1H3. The summed E-state index contributed by atoms with van der Waals surface area (Å²) >= 11 is 0. The lowest BCUT2D eigenvalue weighted by Crippen LogP contribution is -2.07. The molecule has 0 spiro atoms. The van der Waals surface area contributed by atoms with Crippen LogP contribution in [-0.4, -0.2) is 38.5 Å². The van der Waals surface area contributed by atoms with Crippen LogP contribution in [0.1, 0.15) is 6.42 Å². The molecule has 0 radical (unpaired) electrons. The minimum absolute atomic E-state index is 0.572. The zero-order valence-electron chi connectivity index (χ0n) is 11.7. The highest BCUT2D eigenvalue weighted by molar-refractivity contribution is 5.93. The molecule has 108 valence electrons. The average Bonchev–Trinajstić information content (AvgIpc) is 2.49. The van der Waals surface area contributed by atoms with Gasteiger partial charge in [-0.05, 0) is 24.3 Å². The van der Waals surface area contributed by atoms with Gasteiger partial charge in [-0.25, -0.2) is 0 Å². The molecule has 1 aromatic carbocycles. The largest absolute Gasteiger partial charge is 0.491 e. The predicted molar refractivity (Wildman–Crippen MR) is 79.0 cm³/mol. The Hall–Kier alpha value is -1.85. The van der Waals surface area contributed by atoms with E-state index in [4.69, 9.17) is 19.9 Å². The second kappa shape index (κ2) is 7.67. The Balaban J connectivity index is 1.83. The topological polar surface area (TPSA) is 66.6 Å². The molecule has 1 aromatic heterocycles. The van der Waals surface area contributed by atoms with Gasteiger partial charge in [0.2, 0.25) is 0 Å². The fraction of sp³-hybridized carbons (Fsp3) is 0.400. The van der Waals surface area contributed by atoms with Gasteiger partial charge in [-0.15, -0.1) is 0 Å². The van der Waals surface area contributed by atoms with Crippen molar-refractivity contribution < 1.29 is 14.2 Å². The van der Waals surface area contributed by atoms with E-state index >= 15 is 0 Å². The monoisotopic (exact) mass is 276 g/mol. The van der Waals surface area contributed by atoms with Crippen LogP contribution in [0.15, 0.2) is 30.5 Å². The number of benzene rings is 1. The summed E-state index contributed by atoms with van der Waals surface area (Å²) in [5.41, 5.74) is 7.60. The zero-order chi connectivity index (χ0) is 14.2. The number of nitrogens with zero attached hydrogens (tertiary/aromatic N) is 1. The molecule has 20 heavy (non-hydrogen) atoms. The van der Waals surface area contributed by atoms with Gasteiger partial charge in [0.1, 0.15) is 5.75 Å². The fourth-order valence-electron chi connectivity index (χ4n) is 1.87. The molecule has 0 unspecified atom stereocenters. The lowest BCUT2D eigenvalue weighted by molar-refractivity contribution is 0.0645. The molecule has 5 nitrogen and oxygen atoms in total. The minimum atomic E-state index is 0.572. The molecule has 0 saturated heterocycles. The Bertz CT molecular complexity index is 546. The second-order valence-corrected chi connectivity index (χ2v) is 4.35. The normalized spacial score (nSPS) is 10.8. The molecule has 2 N–H and O–H groups in total. The average molecular weight is 276 g/mol. The predicted octanol–water partition coefficient (Wildman–Crippen LogP) is 2.25. The molecule has 2 aromatic rings. The SMILES string of the molecule is COCCOCCCOc1ccc2ncccc2c1N. The van der Waals surface area contributed by atoms with Crippen molar-refractivity contribution in [3.05, 3.63) is 30.5 Å². The first-order valence-electron chi connectivity index (χ1n) is 6.65. The molecular weight excluding hydrogens is 256 g/mol. The summed E-state index contributed by atoms with van der Waals surface area (Å²) in [7, 11) is 1.66. The van der Waals surface area contributed by atoms with Crippen LogP contribution in [-0.2, 0) is 9.47 Å². The highest BCUT2D eigenvalue weighted by atomic mass is 16.5. The van der Waals surface area contributed by atoms with Crippen LogP contribution in [0, 0.1) is 0 Å². The molecule has 0 bridgehead atoms. The van der Waals surface area contributed by atoms with Gasteiger partial charge in [-0.3, -0.25) is 4.98 Å². The second-order valence-electron chi connectivity index (χ2n) is 4.35. The molecule has 0 aliphatic rings. The number of hydrogen-bond acceptors (Lipinski definition) is 5. The lowest BCUT2D eigenvalue weighted by atomic mass is 10.1. The summed E-state index contributed by atoms with van der Waals surface area (Å²) in [6, 6.07) is 7.58. The molecule has 0 saturated carbocycles. The number of rotatable bonds is 8. The molecule has 0 aliphatic heterocycles. The third kappa shape index (κ3) is 3.82. The van der Waals surface area contributed by atoms with E-state index in [9.17, 15) is 0 Å². The summed E-state index contributed by atoms with van der Waals surface area (Å²) in [6.07, 6.45) is 2.56. The minimum Gasteiger partial charge on any atom is -0.491 e. The fourth-order valence-corrected chi connectivity index (χ4v) is 1.87. The van der Waals surface area contributed by atoms with E-state index in [2.05, 4.69) is 4.98 Å². The van der Waals surface area contributed by atoms with Crippen molar-refractivity contribution in [1.82, 2.24) is 4.98 Å². The van der Waals surface area contributed by atoms with Crippen molar-refractivity contribution in [3.8, 4) is 5.75 Å². The summed E-state index contributed by atoms with van der Waals surface area (Å²) in [5.74, 6) is 0.697. The van der Waals surface area contributed by atoms with Gasteiger partial charge in [-0.1, -0.05) is 0 Å².